The predicted molar refractivity (Wildman–Crippen MR) is 144 cm³/mol. The van der Waals surface area contributed by atoms with Gasteiger partial charge in [0, 0.05) is 24.2 Å². The number of nitrogens with one attached hydrogen (secondary N) is 1. The second-order valence-corrected chi connectivity index (χ2v) is 12.7. The Labute approximate surface area is 228 Å². The van der Waals surface area contributed by atoms with Crippen LogP contribution in [0.4, 0.5) is 11.4 Å². The highest BCUT2D eigenvalue weighted by Gasteiger charge is 2.39. The molecule has 2 N–H and O–H groups in total. The van der Waals surface area contributed by atoms with Gasteiger partial charge in [-0.2, -0.15) is 0 Å². The standard InChI is InChI=1S/C27H34ClN3O6S/c1-3-17-10-23(17)22-5-4-21(12-24(22)28)38(34,35)31-14-20(15-32)37-27-25(31)11-19(13-29-27)30-26(33)16(2)18-6-8-36-9-7-18/h4-5,11-13,16-18,20,23,32H,3,6-10,14-15H2,1-2H3,(H,30,33)/t16-,17?,20+,23?/m0/s1. The van der Waals surface area contributed by atoms with Crippen molar-refractivity contribution >= 4 is 38.9 Å². The van der Waals surface area contributed by atoms with E-state index < -0.39 is 16.1 Å². The molecular formula is C27H34ClN3O6S. The van der Waals surface area contributed by atoms with Gasteiger partial charge in [-0.15, -0.1) is 0 Å². The van der Waals surface area contributed by atoms with Crippen LogP contribution in [-0.2, 0) is 19.6 Å². The van der Waals surface area contributed by atoms with Crippen molar-refractivity contribution in [1.29, 1.82) is 0 Å². The first kappa shape index (κ1) is 27.2. The maximum Gasteiger partial charge on any atom is 0.264 e. The number of nitrogens with zero attached hydrogens (tertiary/aromatic N) is 2. The average Bonchev–Trinajstić information content (AvgIpc) is 3.72. The molecule has 9 nitrogen and oxygen atoms in total. The van der Waals surface area contributed by atoms with Crippen molar-refractivity contribution in [3.63, 3.8) is 0 Å². The fourth-order valence-corrected chi connectivity index (χ4v) is 7.34. The van der Waals surface area contributed by atoms with Crippen molar-refractivity contribution in [2.75, 3.05) is 36.0 Å². The number of sulfonamides is 1. The molecule has 2 aromatic rings. The van der Waals surface area contributed by atoms with Crippen LogP contribution in [0.25, 0.3) is 0 Å². The third-order valence-corrected chi connectivity index (χ3v) is 10.1. The van der Waals surface area contributed by atoms with E-state index in [4.69, 9.17) is 21.1 Å². The lowest BCUT2D eigenvalue weighted by Crippen LogP contribution is -2.45. The maximum atomic E-state index is 13.8. The normalized spacial score (nSPS) is 24.3. The average molecular weight is 564 g/mol. The van der Waals surface area contributed by atoms with Gasteiger partial charge < -0.3 is 19.9 Å². The van der Waals surface area contributed by atoms with E-state index >= 15 is 0 Å². The molecule has 1 aromatic heterocycles. The number of pyridine rings is 1. The number of fused-ring (bicyclic) bond motifs is 1. The number of anilines is 2. The van der Waals surface area contributed by atoms with Gasteiger partial charge in [0.1, 0.15) is 11.8 Å². The number of amides is 1. The fraction of sp³-hybridized carbons (Fsp3) is 0.556. The van der Waals surface area contributed by atoms with Crippen LogP contribution in [0, 0.1) is 17.8 Å². The van der Waals surface area contributed by atoms with Gasteiger partial charge in [0.25, 0.3) is 10.0 Å². The molecule has 3 heterocycles. The van der Waals surface area contributed by atoms with Gasteiger partial charge in [-0.05, 0) is 60.8 Å². The second kappa shape index (κ2) is 11.0. The third kappa shape index (κ3) is 5.36. The number of benzene rings is 1. The van der Waals surface area contributed by atoms with E-state index in [2.05, 4.69) is 17.2 Å². The first-order chi connectivity index (χ1) is 18.2. The number of rotatable bonds is 8. The van der Waals surface area contributed by atoms with Crippen LogP contribution in [0.15, 0.2) is 35.4 Å². The highest BCUT2D eigenvalue weighted by molar-refractivity contribution is 7.92. The zero-order chi connectivity index (χ0) is 27.0. The van der Waals surface area contributed by atoms with Crippen LogP contribution < -0.4 is 14.4 Å². The fourth-order valence-electron chi connectivity index (χ4n) is 5.44. The van der Waals surface area contributed by atoms with E-state index in [-0.39, 0.29) is 47.4 Å². The van der Waals surface area contributed by atoms with Gasteiger partial charge in [-0.1, -0.05) is 37.9 Å². The van der Waals surface area contributed by atoms with E-state index in [1.165, 1.54) is 16.6 Å². The lowest BCUT2D eigenvalue weighted by molar-refractivity contribution is -0.122. The summed E-state index contributed by atoms with van der Waals surface area (Å²) in [5.74, 6) is 0.845. The largest absolute Gasteiger partial charge is 0.468 e. The van der Waals surface area contributed by atoms with Gasteiger partial charge >= 0.3 is 0 Å². The summed E-state index contributed by atoms with van der Waals surface area (Å²) in [4.78, 5) is 17.3. The Morgan fingerprint density at radius 2 is 2.05 bits per heavy atom. The zero-order valence-electron chi connectivity index (χ0n) is 21.6. The summed E-state index contributed by atoms with van der Waals surface area (Å²) in [5, 5.41) is 13.1. The molecule has 1 aromatic carbocycles. The Bertz CT molecular complexity index is 1300. The summed E-state index contributed by atoms with van der Waals surface area (Å²) in [6.45, 7) is 4.83. The second-order valence-electron chi connectivity index (χ2n) is 10.4. The van der Waals surface area contributed by atoms with Crippen LogP contribution in [-0.4, -0.2) is 56.9 Å². The number of carbonyl (C=O) groups is 1. The molecule has 0 radical (unpaired) electrons. The van der Waals surface area contributed by atoms with E-state index in [0.29, 0.717) is 35.8 Å². The lowest BCUT2D eigenvalue weighted by Gasteiger charge is -2.34. The van der Waals surface area contributed by atoms with Crippen LogP contribution in [0.3, 0.4) is 0 Å². The van der Waals surface area contributed by atoms with Gasteiger partial charge in [0.05, 0.1) is 29.9 Å². The molecule has 2 fully saturated rings. The third-order valence-electron chi connectivity index (χ3n) is 8.01. The molecular weight excluding hydrogens is 530 g/mol. The molecule has 1 saturated heterocycles. The Morgan fingerprint density at radius 1 is 1.29 bits per heavy atom. The summed E-state index contributed by atoms with van der Waals surface area (Å²) in [6, 6.07) is 6.43. The SMILES string of the molecule is CCC1CC1c1ccc(S(=O)(=O)N2C[C@H](CO)Oc3ncc(NC(=O)[C@@H](C)C4CCOCC4)cc32)cc1Cl. The van der Waals surface area contributed by atoms with Crippen molar-refractivity contribution in [1.82, 2.24) is 4.98 Å². The molecule has 1 aliphatic carbocycles. The molecule has 2 aliphatic heterocycles. The number of aromatic nitrogens is 1. The topological polar surface area (TPSA) is 118 Å². The highest BCUT2D eigenvalue weighted by atomic mass is 35.5. The molecule has 11 heteroatoms. The number of hydrogen-bond donors (Lipinski definition) is 2. The molecule has 0 spiro atoms. The summed E-state index contributed by atoms with van der Waals surface area (Å²) in [6.07, 6.45) is 4.41. The Hall–Kier alpha value is -2.40. The Balaban J connectivity index is 1.41. The molecule has 206 valence electrons. The Kier molecular flexibility index (Phi) is 7.86. The quantitative estimate of drug-likeness (QED) is 0.494. The molecule has 2 unspecified atom stereocenters. The van der Waals surface area contributed by atoms with Gasteiger partial charge in [-0.3, -0.25) is 9.10 Å². The lowest BCUT2D eigenvalue weighted by atomic mass is 9.87. The molecule has 0 bridgehead atoms. The number of ether oxygens (including phenoxy) is 2. The van der Waals surface area contributed by atoms with Crippen LogP contribution in [0.5, 0.6) is 5.88 Å². The number of hydrogen-bond acceptors (Lipinski definition) is 7. The minimum absolute atomic E-state index is 0.0482. The molecule has 1 amide bonds. The molecule has 1 saturated carbocycles. The van der Waals surface area contributed by atoms with Gasteiger partial charge in [0.2, 0.25) is 11.8 Å². The molecule has 5 rings (SSSR count). The van der Waals surface area contributed by atoms with E-state index in [0.717, 1.165) is 31.2 Å². The van der Waals surface area contributed by atoms with Gasteiger partial charge in [0.15, 0.2) is 0 Å². The van der Waals surface area contributed by atoms with Crippen molar-refractivity contribution in [3.05, 3.63) is 41.0 Å². The van der Waals surface area contributed by atoms with E-state index in [9.17, 15) is 18.3 Å². The van der Waals surface area contributed by atoms with Crippen molar-refractivity contribution in [2.24, 2.45) is 17.8 Å². The minimum atomic E-state index is -4.07. The number of aliphatic hydroxyl groups is 1. The van der Waals surface area contributed by atoms with Gasteiger partial charge in [-0.25, -0.2) is 13.4 Å². The zero-order valence-corrected chi connectivity index (χ0v) is 23.2. The number of carbonyl (C=O) groups excluding carboxylic acids is 1. The van der Waals surface area contributed by atoms with E-state index in [1.54, 1.807) is 18.2 Å². The summed E-state index contributed by atoms with van der Waals surface area (Å²) >= 11 is 6.55. The first-order valence-electron chi connectivity index (χ1n) is 13.2. The monoisotopic (exact) mass is 563 g/mol. The van der Waals surface area contributed by atoms with Crippen LogP contribution in [0.1, 0.15) is 51.0 Å². The maximum absolute atomic E-state index is 13.8. The van der Waals surface area contributed by atoms with E-state index in [1.807, 2.05) is 6.92 Å². The Morgan fingerprint density at radius 3 is 2.71 bits per heavy atom. The van der Waals surface area contributed by atoms with Crippen molar-refractivity contribution in [2.45, 2.75) is 56.4 Å². The first-order valence-corrected chi connectivity index (χ1v) is 15.0. The smallest absolute Gasteiger partial charge is 0.264 e. The van der Waals surface area contributed by atoms with Crippen molar-refractivity contribution < 1.29 is 27.8 Å². The van der Waals surface area contributed by atoms with Crippen LogP contribution >= 0.6 is 11.6 Å². The molecule has 4 atom stereocenters. The molecule has 38 heavy (non-hydrogen) atoms. The number of halogens is 1. The van der Waals surface area contributed by atoms with Crippen LogP contribution in [0.2, 0.25) is 5.02 Å². The summed E-state index contributed by atoms with van der Waals surface area (Å²) in [7, 11) is -4.07. The highest BCUT2D eigenvalue weighted by Crippen LogP contribution is 2.51. The number of aliphatic hydroxyl groups excluding tert-OH is 1. The minimum Gasteiger partial charge on any atom is -0.468 e. The molecule has 3 aliphatic rings. The summed E-state index contributed by atoms with van der Waals surface area (Å²) in [5.41, 5.74) is 1.53. The summed E-state index contributed by atoms with van der Waals surface area (Å²) < 4.78 is 40.0. The predicted octanol–water partition coefficient (Wildman–Crippen LogP) is 4.20. The van der Waals surface area contributed by atoms with Crippen molar-refractivity contribution in [3.8, 4) is 5.88 Å².